The minimum atomic E-state index is 0.636. The molecule has 0 N–H and O–H groups in total. The number of fused-ring (bicyclic) bond motifs is 9. The summed E-state index contributed by atoms with van der Waals surface area (Å²) < 4.78 is 11.2. The Morgan fingerprint density at radius 2 is 0.908 bits per heavy atom. The fraction of sp³-hybridized carbons (Fsp3) is 0.0702. The number of nitrogens with zero attached hydrogens (tertiary/aromatic N) is 5. The van der Waals surface area contributed by atoms with Gasteiger partial charge in [0.25, 0.3) is 0 Å². The average molecular weight is 878 g/mol. The maximum absolute atomic E-state index is 6.47. The molecule has 5 heterocycles. The molecule has 0 spiro atoms. The largest absolute Gasteiger partial charge is 0.452 e. The summed E-state index contributed by atoms with van der Waals surface area (Å²) in [5.41, 5.74) is 7.81. The Morgan fingerprint density at radius 1 is 0.385 bits per heavy atom. The molecule has 65 heavy (non-hydrogen) atoms. The van der Waals surface area contributed by atoms with Crippen molar-refractivity contribution in [2.24, 2.45) is 0 Å². The van der Waals surface area contributed by atoms with Gasteiger partial charge in [-0.05, 0) is 64.1 Å². The number of hydrogen-bond acceptors (Lipinski definition) is 8. The van der Waals surface area contributed by atoms with Crippen molar-refractivity contribution in [3.8, 4) is 56.8 Å². The van der Waals surface area contributed by atoms with E-state index in [-0.39, 0.29) is 0 Å². The molecule has 6 nitrogen and oxygen atoms in total. The first-order valence-corrected chi connectivity index (χ1v) is 23.3. The van der Waals surface area contributed by atoms with Crippen LogP contribution in [0, 0.1) is 0 Å². The van der Waals surface area contributed by atoms with Crippen LogP contribution in [0.3, 0.4) is 0 Å². The van der Waals surface area contributed by atoms with E-state index in [1.165, 1.54) is 20.2 Å². The zero-order valence-electron chi connectivity index (χ0n) is 36.4. The van der Waals surface area contributed by atoms with Crippen molar-refractivity contribution in [3.63, 3.8) is 0 Å². The highest BCUT2D eigenvalue weighted by Crippen LogP contribution is 2.43. The Morgan fingerprint density at radius 3 is 1.63 bits per heavy atom. The van der Waals surface area contributed by atoms with E-state index in [2.05, 4.69) is 97.1 Å². The lowest BCUT2D eigenvalue weighted by molar-refractivity contribution is 0.667. The van der Waals surface area contributed by atoms with Crippen molar-refractivity contribution in [3.05, 3.63) is 188 Å². The van der Waals surface area contributed by atoms with Crippen molar-refractivity contribution in [1.82, 2.24) is 24.9 Å². The third-order valence-corrected chi connectivity index (χ3v) is 13.5. The quantitative estimate of drug-likeness (QED) is 0.160. The lowest BCUT2D eigenvalue weighted by Crippen LogP contribution is -2.00. The summed E-state index contributed by atoms with van der Waals surface area (Å²) in [6.45, 7) is 8.00. The molecule has 0 aliphatic rings. The van der Waals surface area contributed by atoms with Crippen LogP contribution in [0.2, 0.25) is 0 Å². The Labute approximate surface area is 385 Å². The van der Waals surface area contributed by atoms with Gasteiger partial charge in [0.15, 0.2) is 28.9 Å². The lowest BCUT2D eigenvalue weighted by atomic mass is 10.0. The van der Waals surface area contributed by atoms with Gasteiger partial charge in [-0.15, -0.1) is 22.7 Å². The van der Waals surface area contributed by atoms with E-state index in [1.54, 1.807) is 22.7 Å². The molecule has 0 aliphatic heterocycles. The van der Waals surface area contributed by atoms with Gasteiger partial charge in [0.1, 0.15) is 16.8 Å². The first-order chi connectivity index (χ1) is 32.0. The molecule has 0 amide bonds. The van der Waals surface area contributed by atoms with Crippen LogP contribution >= 0.6 is 22.7 Å². The minimum absolute atomic E-state index is 0.636. The summed E-state index contributed by atoms with van der Waals surface area (Å²) in [6, 6.07) is 56.4. The molecule has 0 fully saturated rings. The fourth-order valence-electron chi connectivity index (χ4n) is 7.87. The topological polar surface area (TPSA) is 77.6 Å². The molecule has 12 aromatic rings. The van der Waals surface area contributed by atoms with Crippen molar-refractivity contribution >= 4 is 85.1 Å². The van der Waals surface area contributed by atoms with Gasteiger partial charge < -0.3 is 4.42 Å². The number of furan rings is 1. The van der Waals surface area contributed by atoms with Gasteiger partial charge in [-0.25, -0.2) is 24.9 Å². The van der Waals surface area contributed by atoms with Crippen LogP contribution in [-0.2, 0) is 0 Å². The molecule has 12 rings (SSSR count). The summed E-state index contributed by atoms with van der Waals surface area (Å²) >= 11 is 3.54. The molecule has 8 heteroatoms. The van der Waals surface area contributed by atoms with Gasteiger partial charge >= 0.3 is 0 Å². The highest BCUT2D eigenvalue weighted by Gasteiger charge is 2.21. The molecule has 314 valence electrons. The number of allylic oxidation sites excluding steroid dienone is 4. The molecule has 0 saturated heterocycles. The zero-order chi connectivity index (χ0) is 44.3. The van der Waals surface area contributed by atoms with E-state index in [9.17, 15) is 0 Å². The van der Waals surface area contributed by atoms with Crippen molar-refractivity contribution in [1.29, 1.82) is 0 Å². The average Bonchev–Trinajstić information content (AvgIpc) is 4.07. The molecule has 0 unspecified atom stereocenters. The summed E-state index contributed by atoms with van der Waals surface area (Å²) in [4.78, 5) is 25.6. The maximum Gasteiger partial charge on any atom is 0.180 e. The number of rotatable bonds is 5. The molecule has 0 saturated carbocycles. The zero-order valence-corrected chi connectivity index (χ0v) is 38.0. The fourth-order valence-corrected chi connectivity index (χ4v) is 10.2. The first-order valence-electron chi connectivity index (χ1n) is 21.6. The summed E-state index contributed by atoms with van der Waals surface area (Å²) in [5.74, 6) is 2.58. The molecule has 5 aromatic heterocycles. The van der Waals surface area contributed by atoms with Crippen LogP contribution in [-0.4, -0.2) is 24.9 Å². The SMILES string of the molecule is C/C=C\C.C/C=C\C.c1ccc(-c2nc(-c3ccc4c(c3)sc3ccccc34)nc(-c3cccc4sc5cc(-c6nc(-c7ccccc7)nc7c6oc6ccccc67)ccc5c34)n2)cc1. The van der Waals surface area contributed by atoms with Gasteiger partial charge in [-0.1, -0.05) is 152 Å². The monoisotopic (exact) mass is 877 g/mol. The predicted molar refractivity (Wildman–Crippen MR) is 277 cm³/mol. The van der Waals surface area contributed by atoms with Gasteiger partial charge in [0.05, 0.1) is 0 Å². The summed E-state index contributed by atoms with van der Waals surface area (Å²) in [5, 5.41) is 5.72. The summed E-state index contributed by atoms with van der Waals surface area (Å²) in [6.07, 6.45) is 8.00. The minimum Gasteiger partial charge on any atom is -0.452 e. The Kier molecular flexibility index (Phi) is 11.6. The van der Waals surface area contributed by atoms with Crippen LogP contribution in [0.1, 0.15) is 27.7 Å². The van der Waals surface area contributed by atoms with Gasteiger partial charge in [0, 0.05) is 73.5 Å². The van der Waals surface area contributed by atoms with Crippen LogP contribution in [0.5, 0.6) is 0 Å². The molecule has 0 radical (unpaired) electrons. The summed E-state index contributed by atoms with van der Waals surface area (Å²) in [7, 11) is 0. The smallest absolute Gasteiger partial charge is 0.180 e. The third kappa shape index (κ3) is 7.99. The molecule has 0 bridgehead atoms. The van der Waals surface area contributed by atoms with Crippen LogP contribution in [0.15, 0.2) is 193 Å². The highest BCUT2D eigenvalue weighted by atomic mass is 32.1. The highest BCUT2D eigenvalue weighted by molar-refractivity contribution is 7.26. The number of hydrogen-bond donors (Lipinski definition) is 0. The second-order valence-electron chi connectivity index (χ2n) is 15.3. The van der Waals surface area contributed by atoms with Crippen molar-refractivity contribution < 1.29 is 4.42 Å². The second kappa shape index (κ2) is 18.2. The first kappa shape index (κ1) is 41.4. The van der Waals surface area contributed by atoms with E-state index in [1.807, 2.05) is 119 Å². The van der Waals surface area contributed by atoms with Crippen molar-refractivity contribution in [2.75, 3.05) is 0 Å². The standard InChI is InChI=1S/C49H27N5OS2.2C4H8/c1-3-12-28(13-4-1)46-50-43(45-44(51-46)34-17-7-9-19-37(34)55-45)30-22-25-35-41(26-30)57-39-21-11-18-36(42(35)39)49-53-47(29-14-5-2-6-15-29)52-48(54-49)31-23-24-33-32-16-8-10-20-38(32)56-40(33)27-31;2*1-3-4-2/h1-27H;2*3-4H,1-2H3/b;2*4-3-. The normalized spacial score (nSPS) is 11.6. The number of para-hydroxylation sites is 1. The number of thiophene rings is 2. The van der Waals surface area contributed by atoms with Crippen LogP contribution in [0.4, 0.5) is 0 Å². The third-order valence-electron chi connectivity index (χ3n) is 11.2. The molecule has 7 aromatic carbocycles. The predicted octanol–water partition coefficient (Wildman–Crippen LogP) is 16.8. The van der Waals surface area contributed by atoms with E-state index in [0.29, 0.717) is 28.9 Å². The Bertz CT molecular complexity index is 3700. The van der Waals surface area contributed by atoms with E-state index >= 15 is 0 Å². The van der Waals surface area contributed by atoms with E-state index in [0.717, 1.165) is 70.2 Å². The molecular formula is C57H43N5OS2. The number of benzene rings is 7. The van der Waals surface area contributed by atoms with E-state index in [4.69, 9.17) is 29.3 Å². The Balaban J connectivity index is 0.000000578. The Hall–Kier alpha value is -7.65. The molecule has 0 atom stereocenters. The maximum atomic E-state index is 6.47. The van der Waals surface area contributed by atoms with Crippen molar-refractivity contribution in [2.45, 2.75) is 27.7 Å². The van der Waals surface area contributed by atoms with Crippen LogP contribution in [0.25, 0.3) is 119 Å². The molecule has 0 aliphatic carbocycles. The lowest BCUT2D eigenvalue weighted by Gasteiger charge is -2.10. The van der Waals surface area contributed by atoms with Crippen LogP contribution < -0.4 is 0 Å². The van der Waals surface area contributed by atoms with E-state index < -0.39 is 0 Å². The van der Waals surface area contributed by atoms with Gasteiger partial charge in [-0.3, -0.25) is 0 Å². The number of aromatic nitrogens is 5. The van der Waals surface area contributed by atoms with Gasteiger partial charge in [0.2, 0.25) is 0 Å². The van der Waals surface area contributed by atoms with Gasteiger partial charge in [-0.2, -0.15) is 0 Å². The molecular weight excluding hydrogens is 835 g/mol. The second-order valence-corrected chi connectivity index (χ2v) is 17.5.